The number of urea groups is 1. The molecule has 0 aliphatic carbocycles. The summed E-state index contributed by atoms with van der Waals surface area (Å²) in [5, 5.41) is 4.15. The number of carbonyl (C=O) groups is 1. The molecule has 1 heterocycles. The van der Waals surface area contributed by atoms with Crippen LogP contribution in [0.4, 0.5) is 16.2 Å². The highest BCUT2D eigenvalue weighted by molar-refractivity contribution is 6.35. The minimum absolute atomic E-state index is 0.0991. The summed E-state index contributed by atoms with van der Waals surface area (Å²) in [5.74, 6) is 0.791. The average Bonchev–Trinajstić information content (AvgIpc) is 2.63. The third-order valence-corrected chi connectivity index (χ3v) is 4.63. The van der Waals surface area contributed by atoms with Gasteiger partial charge in [-0.3, -0.25) is 0 Å². The number of hydrogen-bond donors (Lipinski definition) is 1. The summed E-state index contributed by atoms with van der Waals surface area (Å²) in [6, 6.07) is 12.8. The molecular weight excluding hydrogens is 373 g/mol. The number of benzene rings is 2. The summed E-state index contributed by atoms with van der Waals surface area (Å²) >= 11 is 12.2. The van der Waals surface area contributed by atoms with E-state index in [9.17, 15) is 4.79 Å². The van der Waals surface area contributed by atoms with E-state index >= 15 is 0 Å². The quantitative estimate of drug-likeness (QED) is 0.814. The molecule has 0 bridgehead atoms. The van der Waals surface area contributed by atoms with Gasteiger partial charge in [-0.15, -0.1) is 0 Å². The zero-order valence-electron chi connectivity index (χ0n) is 14.5. The van der Waals surface area contributed by atoms with Gasteiger partial charge in [-0.2, -0.15) is 0 Å². The van der Waals surface area contributed by atoms with Gasteiger partial charge in [0.25, 0.3) is 0 Å². The van der Waals surface area contributed by atoms with Crippen LogP contribution < -0.4 is 15.0 Å². The molecule has 2 aromatic carbocycles. The molecule has 1 saturated heterocycles. The molecular formula is C19H21Cl2N3O2. The van der Waals surface area contributed by atoms with Crippen molar-refractivity contribution in [2.45, 2.75) is 6.92 Å². The lowest BCUT2D eigenvalue weighted by atomic mass is 10.2. The van der Waals surface area contributed by atoms with Crippen molar-refractivity contribution in [2.75, 3.05) is 43.0 Å². The van der Waals surface area contributed by atoms with Crippen LogP contribution in [0.2, 0.25) is 10.0 Å². The molecule has 0 aromatic heterocycles. The predicted molar refractivity (Wildman–Crippen MR) is 107 cm³/mol. The fourth-order valence-electron chi connectivity index (χ4n) is 2.89. The van der Waals surface area contributed by atoms with Gasteiger partial charge in [0.1, 0.15) is 5.75 Å². The van der Waals surface area contributed by atoms with Crippen molar-refractivity contribution in [2.24, 2.45) is 0 Å². The van der Waals surface area contributed by atoms with Gasteiger partial charge in [-0.25, -0.2) is 4.79 Å². The molecule has 138 valence electrons. The molecule has 1 aliphatic rings. The summed E-state index contributed by atoms with van der Waals surface area (Å²) in [4.78, 5) is 16.4. The first-order valence-corrected chi connectivity index (χ1v) is 9.30. The van der Waals surface area contributed by atoms with Crippen LogP contribution in [0, 0.1) is 0 Å². The van der Waals surface area contributed by atoms with E-state index in [4.69, 9.17) is 27.9 Å². The Morgan fingerprint density at radius 2 is 1.65 bits per heavy atom. The van der Waals surface area contributed by atoms with Crippen LogP contribution in [-0.2, 0) is 0 Å². The third kappa shape index (κ3) is 4.74. The monoisotopic (exact) mass is 393 g/mol. The Morgan fingerprint density at radius 1 is 1.04 bits per heavy atom. The fraction of sp³-hybridized carbons (Fsp3) is 0.316. The van der Waals surface area contributed by atoms with Crippen LogP contribution in [0.5, 0.6) is 5.75 Å². The number of ether oxygens (including phenoxy) is 1. The number of anilines is 2. The van der Waals surface area contributed by atoms with E-state index in [1.807, 2.05) is 43.3 Å². The number of piperazine rings is 1. The van der Waals surface area contributed by atoms with Gasteiger partial charge >= 0.3 is 6.03 Å². The van der Waals surface area contributed by atoms with Gasteiger partial charge in [0, 0.05) is 47.6 Å². The van der Waals surface area contributed by atoms with Crippen molar-refractivity contribution < 1.29 is 9.53 Å². The molecule has 0 radical (unpaired) electrons. The van der Waals surface area contributed by atoms with Gasteiger partial charge in [-0.1, -0.05) is 23.2 Å². The summed E-state index contributed by atoms with van der Waals surface area (Å²) in [5.41, 5.74) is 1.73. The van der Waals surface area contributed by atoms with Gasteiger partial charge in [0.05, 0.1) is 6.61 Å². The van der Waals surface area contributed by atoms with Crippen LogP contribution >= 0.6 is 23.2 Å². The highest BCUT2D eigenvalue weighted by Gasteiger charge is 2.21. The Morgan fingerprint density at radius 3 is 2.23 bits per heavy atom. The highest BCUT2D eigenvalue weighted by atomic mass is 35.5. The van der Waals surface area contributed by atoms with Crippen molar-refractivity contribution in [3.05, 3.63) is 52.5 Å². The lowest BCUT2D eigenvalue weighted by Crippen LogP contribution is -2.50. The number of amides is 2. The van der Waals surface area contributed by atoms with Crippen molar-refractivity contribution >= 4 is 40.6 Å². The number of nitrogens with zero attached hydrogens (tertiary/aromatic N) is 2. The average molecular weight is 394 g/mol. The van der Waals surface area contributed by atoms with Crippen molar-refractivity contribution in [3.8, 4) is 5.75 Å². The Labute approximate surface area is 163 Å². The highest BCUT2D eigenvalue weighted by Crippen LogP contribution is 2.26. The Balaban J connectivity index is 1.54. The molecule has 0 unspecified atom stereocenters. The first-order valence-electron chi connectivity index (χ1n) is 8.55. The topological polar surface area (TPSA) is 44.8 Å². The molecule has 7 heteroatoms. The van der Waals surface area contributed by atoms with Crippen LogP contribution in [0.3, 0.4) is 0 Å². The second-order valence-corrected chi connectivity index (χ2v) is 6.86. The summed E-state index contributed by atoms with van der Waals surface area (Å²) in [7, 11) is 0. The molecule has 0 spiro atoms. The largest absolute Gasteiger partial charge is 0.494 e. The van der Waals surface area contributed by atoms with E-state index in [-0.39, 0.29) is 6.03 Å². The molecule has 0 saturated carbocycles. The summed E-state index contributed by atoms with van der Waals surface area (Å²) < 4.78 is 5.41. The van der Waals surface area contributed by atoms with Crippen LogP contribution in [0.15, 0.2) is 42.5 Å². The standard InChI is InChI=1S/C19H21Cl2N3O2/c1-2-26-18-5-3-16(4-6-18)22-19(25)24-9-7-23(8-10-24)17-12-14(20)11-15(21)13-17/h3-6,11-13H,2,7-10H2,1H3,(H,22,25). The molecule has 2 aromatic rings. The van der Waals surface area contributed by atoms with Gasteiger partial charge in [-0.05, 0) is 49.4 Å². The lowest BCUT2D eigenvalue weighted by molar-refractivity contribution is 0.208. The molecule has 0 atom stereocenters. The fourth-order valence-corrected chi connectivity index (χ4v) is 3.41. The Bertz CT molecular complexity index is 740. The molecule has 3 rings (SSSR count). The van der Waals surface area contributed by atoms with E-state index in [1.54, 1.807) is 11.0 Å². The van der Waals surface area contributed by atoms with Crippen LogP contribution in [-0.4, -0.2) is 43.7 Å². The zero-order valence-corrected chi connectivity index (χ0v) is 16.1. The second kappa shape index (κ2) is 8.52. The van der Waals surface area contributed by atoms with E-state index in [1.165, 1.54) is 0 Å². The molecule has 1 aliphatic heterocycles. The number of nitrogens with one attached hydrogen (secondary N) is 1. The van der Waals surface area contributed by atoms with E-state index in [0.29, 0.717) is 29.7 Å². The zero-order chi connectivity index (χ0) is 18.5. The van der Waals surface area contributed by atoms with Gasteiger partial charge in [0.15, 0.2) is 0 Å². The normalized spacial score (nSPS) is 14.3. The minimum atomic E-state index is -0.0991. The van der Waals surface area contributed by atoms with E-state index in [2.05, 4.69) is 10.2 Å². The first-order chi connectivity index (χ1) is 12.5. The minimum Gasteiger partial charge on any atom is -0.494 e. The maximum absolute atomic E-state index is 12.5. The maximum Gasteiger partial charge on any atom is 0.321 e. The number of hydrogen-bond acceptors (Lipinski definition) is 3. The summed E-state index contributed by atoms with van der Waals surface area (Å²) in [6.07, 6.45) is 0. The van der Waals surface area contributed by atoms with Gasteiger partial charge in [0.2, 0.25) is 0 Å². The van der Waals surface area contributed by atoms with Crippen molar-refractivity contribution in [3.63, 3.8) is 0 Å². The SMILES string of the molecule is CCOc1ccc(NC(=O)N2CCN(c3cc(Cl)cc(Cl)c3)CC2)cc1. The molecule has 1 N–H and O–H groups in total. The lowest BCUT2D eigenvalue weighted by Gasteiger charge is -2.36. The van der Waals surface area contributed by atoms with E-state index in [0.717, 1.165) is 30.2 Å². The molecule has 2 amide bonds. The van der Waals surface area contributed by atoms with E-state index < -0.39 is 0 Å². The predicted octanol–water partition coefficient (Wildman–Crippen LogP) is 4.75. The maximum atomic E-state index is 12.5. The smallest absolute Gasteiger partial charge is 0.321 e. The molecule has 1 fully saturated rings. The van der Waals surface area contributed by atoms with Crippen LogP contribution in [0.1, 0.15) is 6.92 Å². The number of rotatable bonds is 4. The molecule has 5 nitrogen and oxygen atoms in total. The number of halogens is 2. The summed E-state index contributed by atoms with van der Waals surface area (Å²) in [6.45, 7) is 5.28. The Kier molecular flexibility index (Phi) is 6.12. The second-order valence-electron chi connectivity index (χ2n) is 5.99. The van der Waals surface area contributed by atoms with Crippen molar-refractivity contribution in [1.82, 2.24) is 4.90 Å². The molecule has 26 heavy (non-hydrogen) atoms. The van der Waals surface area contributed by atoms with Crippen LogP contribution in [0.25, 0.3) is 0 Å². The number of carbonyl (C=O) groups excluding carboxylic acids is 1. The third-order valence-electron chi connectivity index (χ3n) is 4.20. The van der Waals surface area contributed by atoms with Crippen molar-refractivity contribution in [1.29, 1.82) is 0 Å². The Hall–Kier alpha value is -2.11. The van der Waals surface area contributed by atoms with Gasteiger partial charge < -0.3 is 19.9 Å². The first kappa shape index (κ1) is 18.7.